The molecule has 5 nitrogen and oxygen atoms in total. The fraction of sp³-hybridized carbons (Fsp3) is 0.0556. The molecule has 3 aromatic rings. The van der Waals surface area contributed by atoms with Gasteiger partial charge in [-0.25, -0.2) is 14.8 Å². The molecular weight excluding hydrogens is 290 g/mol. The van der Waals surface area contributed by atoms with Gasteiger partial charge < -0.3 is 10.8 Å². The van der Waals surface area contributed by atoms with Crippen LogP contribution in [-0.2, 0) is 0 Å². The Labute approximate surface area is 133 Å². The van der Waals surface area contributed by atoms with Crippen LogP contribution in [0.1, 0.15) is 16.1 Å². The maximum absolute atomic E-state index is 11.5. The van der Waals surface area contributed by atoms with Crippen LogP contribution in [0, 0.1) is 6.92 Å². The Morgan fingerprint density at radius 2 is 1.48 bits per heavy atom. The summed E-state index contributed by atoms with van der Waals surface area (Å²) in [4.78, 5) is 19.5. The number of rotatable bonds is 3. The third kappa shape index (κ3) is 2.89. The third-order valence-electron chi connectivity index (χ3n) is 3.59. The van der Waals surface area contributed by atoms with Crippen molar-refractivity contribution in [1.29, 1.82) is 0 Å². The minimum atomic E-state index is -1.07. The van der Waals surface area contributed by atoms with Crippen LogP contribution in [0.15, 0.2) is 54.6 Å². The van der Waals surface area contributed by atoms with Gasteiger partial charge in [0.2, 0.25) is 5.95 Å². The highest BCUT2D eigenvalue weighted by molar-refractivity contribution is 5.96. The van der Waals surface area contributed by atoms with E-state index in [0.29, 0.717) is 17.0 Å². The fourth-order valence-electron chi connectivity index (χ4n) is 2.51. The summed E-state index contributed by atoms with van der Waals surface area (Å²) in [6.07, 6.45) is 0. The van der Waals surface area contributed by atoms with Gasteiger partial charge >= 0.3 is 5.97 Å². The Kier molecular flexibility index (Phi) is 3.76. The van der Waals surface area contributed by atoms with Crippen LogP contribution < -0.4 is 5.73 Å². The Hall–Kier alpha value is -3.21. The molecule has 23 heavy (non-hydrogen) atoms. The van der Waals surface area contributed by atoms with Crippen molar-refractivity contribution in [3.05, 3.63) is 65.9 Å². The number of anilines is 1. The number of carboxylic acids is 1. The lowest BCUT2D eigenvalue weighted by molar-refractivity contribution is 0.0696. The summed E-state index contributed by atoms with van der Waals surface area (Å²) in [6.45, 7) is 1.61. The van der Waals surface area contributed by atoms with E-state index in [9.17, 15) is 9.90 Å². The van der Waals surface area contributed by atoms with Gasteiger partial charge in [0, 0.05) is 5.56 Å². The molecule has 3 rings (SSSR count). The molecule has 1 aromatic heterocycles. The number of carboxylic acid groups (broad SMARTS) is 1. The number of aromatic nitrogens is 2. The van der Waals surface area contributed by atoms with Gasteiger partial charge in [-0.3, -0.25) is 0 Å². The Morgan fingerprint density at radius 3 is 2.09 bits per heavy atom. The first kappa shape index (κ1) is 14.7. The number of carbonyl (C=O) groups is 1. The van der Waals surface area contributed by atoms with Crippen molar-refractivity contribution < 1.29 is 9.90 Å². The second-order valence-electron chi connectivity index (χ2n) is 5.14. The summed E-state index contributed by atoms with van der Waals surface area (Å²) >= 11 is 0. The van der Waals surface area contributed by atoms with Gasteiger partial charge in [-0.05, 0) is 18.1 Å². The molecule has 0 bridgehead atoms. The van der Waals surface area contributed by atoms with Gasteiger partial charge in [-0.1, -0.05) is 54.6 Å². The van der Waals surface area contributed by atoms with Gasteiger partial charge in [-0.2, -0.15) is 0 Å². The van der Waals surface area contributed by atoms with E-state index in [-0.39, 0.29) is 11.5 Å². The SMILES string of the molecule is Cc1nc(N)nc(-c2ccc(-c3ccccc3)cc2)c1C(=O)O. The molecule has 2 aromatic carbocycles. The molecule has 3 N–H and O–H groups in total. The van der Waals surface area contributed by atoms with Crippen molar-refractivity contribution in [2.75, 3.05) is 5.73 Å². The summed E-state index contributed by atoms with van der Waals surface area (Å²) in [5.41, 5.74) is 9.27. The fourth-order valence-corrected chi connectivity index (χ4v) is 2.51. The van der Waals surface area contributed by atoms with E-state index >= 15 is 0 Å². The first-order chi connectivity index (χ1) is 11.1. The monoisotopic (exact) mass is 305 g/mol. The molecule has 0 saturated heterocycles. The maximum atomic E-state index is 11.5. The van der Waals surface area contributed by atoms with Gasteiger partial charge in [0.25, 0.3) is 0 Å². The van der Waals surface area contributed by atoms with Crippen LogP contribution >= 0.6 is 0 Å². The highest BCUT2D eigenvalue weighted by atomic mass is 16.4. The van der Waals surface area contributed by atoms with E-state index in [2.05, 4.69) is 9.97 Å². The zero-order valence-electron chi connectivity index (χ0n) is 12.5. The summed E-state index contributed by atoms with van der Waals surface area (Å²) < 4.78 is 0. The lowest BCUT2D eigenvalue weighted by Crippen LogP contribution is -2.09. The van der Waals surface area contributed by atoms with Crippen molar-refractivity contribution >= 4 is 11.9 Å². The van der Waals surface area contributed by atoms with E-state index in [1.807, 2.05) is 54.6 Å². The predicted molar refractivity (Wildman–Crippen MR) is 89.0 cm³/mol. The van der Waals surface area contributed by atoms with Crippen LogP contribution in [0.25, 0.3) is 22.4 Å². The second-order valence-corrected chi connectivity index (χ2v) is 5.14. The number of nitrogens with two attached hydrogens (primary N) is 1. The van der Waals surface area contributed by atoms with E-state index in [1.165, 1.54) is 0 Å². The Balaban J connectivity index is 2.08. The molecule has 0 aliphatic carbocycles. The molecule has 0 spiro atoms. The smallest absolute Gasteiger partial charge is 0.339 e. The van der Waals surface area contributed by atoms with Crippen LogP contribution in [0.3, 0.4) is 0 Å². The molecule has 0 unspecified atom stereocenters. The van der Waals surface area contributed by atoms with Crippen molar-refractivity contribution in [3.8, 4) is 22.4 Å². The van der Waals surface area contributed by atoms with Gasteiger partial charge in [0.1, 0.15) is 5.56 Å². The van der Waals surface area contributed by atoms with Gasteiger partial charge in [-0.15, -0.1) is 0 Å². The van der Waals surface area contributed by atoms with Crippen LogP contribution in [0.2, 0.25) is 0 Å². The topological polar surface area (TPSA) is 89.1 Å². The van der Waals surface area contributed by atoms with Gasteiger partial charge in [0.05, 0.1) is 11.4 Å². The largest absolute Gasteiger partial charge is 0.478 e. The maximum Gasteiger partial charge on any atom is 0.339 e. The molecular formula is C18H15N3O2. The van der Waals surface area contributed by atoms with Crippen LogP contribution in [0.4, 0.5) is 5.95 Å². The summed E-state index contributed by atoms with van der Waals surface area (Å²) in [5, 5.41) is 9.41. The highest BCUT2D eigenvalue weighted by Gasteiger charge is 2.18. The number of hydrogen-bond acceptors (Lipinski definition) is 4. The lowest BCUT2D eigenvalue weighted by atomic mass is 10.0. The summed E-state index contributed by atoms with van der Waals surface area (Å²) in [7, 11) is 0. The number of aromatic carboxylic acids is 1. The molecule has 0 fully saturated rings. The first-order valence-corrected chi connectivity index (χ1v) is 7.09. The number of benzene rings is 2. The minimum Gasteiger partial charge on any atom is -0.478 e. The molecule has 0 amide bonds. The third-order valence-corrected chi connectivity index (χ3v) is 3.59. The number of hydrogen-bond donors (Lipinski definition) is 2. The summed E-state index contributed by atoms with van der Waals surface area (Å²) in [5.74, 6) is -1.00. The predicted octanol–water partition coefficient (Wildman–Crippen LogP) is 3.40. The average molecular weight is 305 g/mol. The molecule has 5 heteroatoms. The van der Waals surface area contributed by atoms with E-state index < -0.39 is 5.97 Å². The van der Waals surface area contributed by atoms with Crippen molar-refractivity contribution in [1.82, 2.24) is 9.97 Å². The van der Waals surface area contributed by atoms with E-state index in [0.717, 1.165) is 11.1 Å². The van der Waals surface area contributed by atoms with Crippen LogP contribution in [-0.4, -0.2) is 21.0 Å². The molecule has 0 saturated carbocycles. The Morgan fingerprint density at radius 1 is 0.913 bits per heavy atom. The highest BCUT2D eigenvalue weighted by Crippen LogP contribution is 2.27. The zero-order valence-corrected chi connectivity index (χ0v) is 12.5. The van der Waals surface area contributed by atoms with Crippen molar-refractivity contribution in [2.45, 2.75) is 6.92 Å². The molecule has 0 aliphatic heterocycles. The van der Waals surface area contributed by atoms with Crippen LogP contribution in [0.5, 0.6) is 0 Å². The zero-order chi connectivity index (χ0) is 16.4. The number of aryl methyl sites for hydroxylation is 1. The Bertz CT molecular complexity index is 859. The molecule has 0 atom stereocenters. The van der Waals surface area contributed by atoms with Gasteiger partial charge in [0.15, 0.2) is 0 Å². The lowest BCUT2D eigenvalue weighted by Gasteiger charge is -2.10. The van der Waals surface area contributed by atoms with E-state index in [1.54, 1.807) is 6.92 Å². The quantitative estimate of drug-likeness (QED) is 0.774. The number of nitrogen functional groups attached to an aromatic ring is 1. The standard InChI is InChI=1S/C18H15N3O2/c1-11-15(17(22)23)16(21-18(19)20-11)14-9-7-13(8-10-14)12-5-3-2-4-6-12/h2-10H,1H3,(H,22,23)(H2,19,20,21). The number of nitrogens with zero attached hydrogens (tertiary/aromatic N) is 2. The first-order valence-electron chi connectivity index (χ1n) is 7.09. The molecule has 0 aliphatic rings. The van der Waals surface area contributed by atoms with E-state index in [4.69, 9.17) is 5.73 Å². The summed E-state index contributed by atoms with van der Waals surface area (Å²) in [6, 6.07) is 17.5. The normalized spacial score (nSPS) is 10.5. The van der Waals surface area contributed by atoms with Crippen molar-refractivity contribution in [3.63, 3.8) is 0 Å². The van der Waals surface area contributed by atoms with Crippen molar-refractivity contribution in [2.24, 2.45) is 0 Å². The molecule has 1 heterocycles. The minimum absolute atomic E-state index is 0.0645. The molecule has 0 radical (unpaired) electrons. The second kappa shape index (κ2) is 5.88. The average Bonchev–Trinajstić information content (AvgIpc) is 2.54. The molecule has 114 valence electrons.